The summed E-state index contributed by atoms with van der Waals surface area (Å²) >= 11 is 2.80. The van der Waals surface area contributed by atoms with Crippen molar-refractivity contribution in [2.75, 3.05) is 11.6 Å². The minimum Gasteiger partial charge on any atom is -0.302 e. The van der Waals surface area contributed by atoms with E-state index in [1.165, 1.54) is 17.4 Å². The molecule has 6 nitrogen and oxygen atoms in total. The maximum absolute atomic E-state index is 12.1. The first-order valence-corrected chi connectivity index (χ1v) is 10.8. The van der Waals surface area contributed by atoms with Crippen LogP contribution in [-0.2, 0) is 27.5 Å². The fourth-order valence-electron chi connectivity index (χ4n) is 2.11. The molecule has 9 heteroatoms. The minimum absolute atomic E-state index is 0.189. The van der Waals surface area contributed by atoms with Crippen molar-refractivity contribution in [2.45, 2.75) is 24.7 Å². The van der Waals surface area contributed by atoms with Gasteiger partial charge in [-0.25, -0.2) is 18.4 Å². The molecule has 126 valence electrons. The highest BCUT2D eigenvalue weighted by molar-refractivity contribution is 7.90. The Morgan fingerprint density at radius 3 is 2.75 bits per heavy atom. The van der Waals surface area contributed by atoms with Gasteiger partial charge in [0.2, 0.25) is 5.91 Å². The molecule has 0 unspecified atom stereocenters. The first kappa shape index (κ1) is 17.0. The average Bonchev–Trinajstić information content (AvgIpc) is 3.10. The van der Waals surface area contributed by atoms with E-state index in [9.17, 15) is 13.2 Å². The summed E-state index contributed by atoms with van der Waals surface area (Å²) in [6, 6.07) is 4.74. The largest absolute Gasteiger partial charge is 0.302 e. The summed E-state index contributed by atoms with van der Waals surface area (Å²) in [5.74, 6) is -0.189. The van der Waals surface area contributed by atoms with Crippen LogP contribution in [0.15, 0.2) is 28.5 Å². The van der Waals surface area contributed by atoms with E-state index in [0.29, 0.717) is 10.6 Å². The topological polar surface area (TPSA) is 89.0 Å². The van der Waals surface area contributed by atoms with Gasteiger partial charge in [-0.3, -0.25) is 4.79 Å². The van der Waals surface area contributed by atoms with Gasteiger partial charge in [0.05, 0.1) is 32.2 Å². The Morgan fingerprint density at radius 2 is 2.08 bits per heavy atom. The Labute approximate surface area is 147 Å². The second-order valence-electron chi connectivity index (χ2n) is 5.23. The molecule has 0 fully saturated rings. The molecule has 1 N–H and O–H groups in total. The summed E-state index contributed by atoms with van der Waals surface area (Å²) in [7, 11) is -3.26. The van der Waals surface area contributed by atoms with Gasteiger partial charge in [0.1, 0.15) is 0 Å². The number of anilines is 1. The van der Waals surface area contributed by atoms with Crippen molar-refractivity contribution < 1.29 is 13.2 Å². The van der Waals surface area contributed by atoms with E-state index < -0.39 is 9.84 Å². The molecule has 0 atom stereocenters. The van der Waals surface area contributed by atoms with Gasteiger partial charge in [0.25, 0.3) is 0 Å². The van der Waals surface area contributed by atoms with E-state index in [4.69, 9.17) is 0 Å². The Bertz CT molecular complexity index is 1010. The van der Waals surface area contributed by atoms with Crippen LogP contribution in [0.1, 0.15) is 17.6 Å². The molecule has 1 amide bonds. The van der Waals surface area contributed by atoms with Crippen LogP contribution >= 0.6 is 22.7 Å². The molecule has 1 aromatic carbocycles. The predicted octanol–water partition coefficient (Wildman–Crippen LogP) is 2.90. The van der Waals surface area contributed by atoms with E-state index in [0.717, 1.165) is 28.1 Å². The number of carbonyl (C=O) groups is 1. The Hall–Kier alpha value is -1.84. The van der Waals surface area contributed by atoms with Gasteiger partial charge in [-0.2, -0.15) is 0 Å². The van der Waals surface area contributed by atoms with E-state index in [1.807, 2.05) is 12.3 Å². The van der Waals surface area contributed by atoms with Crippen LogP contribution in [0.4, 0.5) is 5.13 Å². The lowest BCUT2D eigenvalue weighted by Crippen LogP contribution is -2.14. The second kappa shape index (κ2) is 6.58. The fourth-order valence-corrected chi connectivity index (χ4v) is 4.50. The zero-order valence-electron chi connectivity index (χ0n) is 13.1. The number of aromatic nitrogens is 2. The first-order chi connectivity index (χ1) is 11.3. The van der Waals surface area contributed by atoms with Crippen LogP contribution in [-0.4, -0.2) is 30.5 Å². The van der Waals surface area contributed by atoms with Gasteiger partial charge in [0.15, 0.2) is 15.0 Å². The third-order valence-corrected chi connectivity index (χ3v) is 6.36. The van der Waals surface area contributed by atoms with Gasteiger partial charge in [-0.15, -0.1) is 11.3 Å². The van der Waals surface area contributed by atoms with Crippen LogP contribution in [0.5, 0.6) is 0 Å². The molecule has 24 heavy (non-hydrogen) atoms. The van der Waals surface area contributed by atoms with E-state index in [-0.39, 0.29) is 17.2 Å². The van der Waals surface area contributed by atoms with Crippen LogP contribution in [0.25, 0.3) is 10.2 Å². The molecule has 0 aliphatic heterocycles. The van der Waals surface area contributed by atoms with E-state index in [1.54, 1.807) is 23.5 Å². The van der Waals surface area contributed by atoms with Crippen molar-refractivity contribution in [3.05, 3.63) is 34.3 Å². The number of thiazole rings is 2. The fraction of sp³-hybridized carbons (Fsp3) is 0.267. The number of amides is 1. The number of benzene rings is 1. The van der Waals surface area contributed by atoms with E-state index in [2.05, 4.69) is 15.3 Å². The van der Waals surface area contributed by atoms with Gasteiger partial charge < -0.3 is 5.32 Å². The number of hydrogen-bond acceptors (Lipinski definition) is 7. The highest BCUT2D eigenvalue weighted by Crippen LogP contribution is 2.28. The zero-order chi connectivity index (χ0) is 17.3. The summed E-state index contributed by atoms with van der Waals surface area (Å²) in [5.41, 5.74) is 1.40. The van der Waals surface area contributed by atoms with Crippen molar-refractivity contribution in [1.82, 2.24) is 9.97 Å². The van der Waals surface area contributed by atoms with Crippen LogP contribution in [0, 0.1) is 0 Å². The highest BCUT2D eigenvalue weighted by atomic mass is 32.2. The minimum atomic E-state index is -3.26. The van der Waals surface area contributed by atoms with Crippen molar-refractivity contribution in [3.63, 3.8) is 0 Å². The summed E-state index contributed by atoms with van der Waals surface area (Å²) in [6.45, 7) is 2.02. The Kier molecular flexibility index (Phi) is 4.66. The van der Waals surface area contributed by atoms with Crippen LogP contribution in [0.2, 0.25) is 0 Å². The Balaban J connectivity index is 1.76. The average molecular weight is 382 g/mol. The van der Waals surface area contributed by atoms with Crippen LogP contribution in [0.3, 0.4) is 0 Å². The van der Waals surface area contributed by atoms with Gasteiger partial charge in [0, 0.05) is 11.6 Å². The summed E-state index contributed by atoms with van der Waals surface area (Å²) in [4.78, 5) is 21.0. The lowest BCUT2D eigenvalue weighted by atomic mass is 10.3. The van der Waals surface area contributed by atoms with E-state index >= 15 is 0 Å². The molecule has 0 bridgehead atoms. The Morgan fingerprint density at radius 1 is 1.29 bits per heavy atom. The molecule has 0 spiro atoms. The molecule has 0 saturated carbocycles. The normalized spacial score (nSPS) is 11.8. The van der Waals surface area contributed by atoms with Gasteiger partial charge in [-0.1, -0.05) is 18.3 Å². The molecule has 3 aromatic rings. The number of nitrogens with one attached hydrogen (secondary N) is 1. The molecule has 0 saturated heterocycles. The molecule has 3 rings (SSSR count). The smallest absolute Gasteiger partial charge is 0.232 e. The molecule has 0 aliphatic carbocycles. The number of sulfone groups is 1. The maximum Gasteiger partial charge on any atom is 0.232 e. The number of nitrogens with zero attached hydrogens (tertiary/aromatic N) is 2. The highest BCUT2D eigenvalue weighted by Gasteiger charge is 2.13. The predicted molar refractivity (Wildman–Crippen MR) is 96.6 cm³/mol. The SMILES string of the molecule is CCc1nc(CC(=O)Nc2nc3ccc(S(C)(=O)=O)cc3s2)cs1. The third-order valence-electron chi connectivity index (χ3n) is 3.28. The lowest BCUT2D eigenvalue weighted by Gasteiger charge is -1.98. The van der Waals surface area contributed by atoms with Gasteiger partial charge in [-0.05, 0) is 24.6 Å². The monoisotopic (exact) mass is 381 g/mol. The number of carbonyl (C=O) groups excluding carboxylic acids is 1. The van der Waals surface area contributed by atoms with Crippen molar-refractivity contribution in [1.29, 1.82) is 0 Å². The number of fused-ring (bicyclic) bond motifs is 1. The molecular weight excluding hydrogens is 366 g/mol. The van der Waals surface area contributed by atoms with Crippen LogP contribution < -0.4 is 5.32 Å². The third kappa shape index (κ3) is 3.80. The second-order valence-corrected chi connectivity index (χ2v) is 9.22. The summed E-state index contributed by atoms with van der Waals surface area (Å²) in [6.07, 6.45) is 2.21. The number of hydrogen-bond donors (Lipinski definition) is 1. The number of aryl methyl sites for hydroxylation is 1. The molecule has 0 radical (unpaired) electrons. The molecule has 0 aliphatic rings. The number of rotatable bonds is 5. The molecule has 2 aromatic heterocycles. The van der Waals surface area contributed by atoms with Crippen molar-refractivity contribution >= 4 is 53.8 Å². The summed E-state index contributed by atoms with van der Waals surface area (Å²) in [5, 5.41) is 6.09. The molecule has 2 heterocycles. The molecular formula is C15H15N3O3S3. The lowest BCUT2D eigenvalue weighted by molar-refractivity contribution is -0.115. The zero-order valence-corrected chi connectivity index (χ0v) is 15.5. The van der Waals surface area contributed by atoms with Crippen molar-refractivity contribution in [2.24, 2.45) is 0 Å². The first-order valence-electron chi connectivity index (χ1n) is 7.19. The maximum atomic E-state index is 12.1. The quantitative estimate of drug-likeness (QED) is 0.734. The van der Waals surface area contributed by atoms with Crippen molar-refractivity contribution in [3.8, 4) is 0 Å². The summed E-state index contributed by atoms with van der Waals surface area (Å²) < 4.78 is 23.9. The van der Waals surface area contributed by atoms with Gasteiger partial charge >= 0.3 is 0 Å². The standard InChI is InChI=1S/C15H15N3O3S3/c1-3-14-16-9(8-22-14)6-13(19)18-15-17-11-5-4-10(24(2,20)21)7-12(11)23-15/h4-5,7-8H,3,6H2,1-2H3,(H,17,18,19).